The van der Waals surface area contributed by atoms with E-state index in [0.717, 1.165) is 5.69 Å². The molecule has 7 nitrogen and oxygen atoms in total. The zero-order valence-corrected chi connectivity index (χ0v) is 15.2. The van der Waals surface area contributed by atoms with Crippen LogP contribution in [0.1, 0.15) is 27.4 Å². The van der Waals surface area contributed by atoms with Gasteiger partial charge in [-0.05, 0) is 26.0 Å². The number of ether oxygens (including phenoxy) is 1. The van der Waals surface area contributed by atoms with E-state index in [1.807, 2.05) is 38.1 Å². The lowest BCUT2D eigenvalue weighted by molar-refractivity contribution is 0.0593. The lowest BCUT2D eigenvalue weighted by Gasteiger charge is -2.14. The summed E-state index contributed by atoms with van der Waals surface area (Å²) < 4.78 is 8.07. The predicted octanol–water partition coefficient (Wildman–Crippen LogP) is 3.17. The SMILES string of the molecule is COC(=O)c1c(N)c(C#N)cn1-c1ccccc1-n1nc(C)c(Cl)c1C. The number of nitrogen functional groups attached to an aromatic ring is 1. The van der Waals surface area contributed by atoms with E-state index in [-0.39, 0.29) is 16.9 Å². The standard InChI is InChI=1S/C18H16ClN5O2/c1-10-15(19)11(2)24(22-10)14-7-5-4-6-13(14)23-9-12(8-20)16(21)17(23)18(25)26-3/h4-7,9H,21H2,1-3H3. The number of nitrogens with two attached hydrogens (primary N) is 1. The minimum Gasteiger partial charge on any atom is -0.464 e. The molecule has 2 heterocycles. The summed E-state index contributed by atoms with van der Waals surface area (Å²) in [6.07, 6.45) is 1.51. The van der Waals surface area contributed by atoms with Crippen LogP contribution < -0.4 is 5.73 Å². The van der Waals surface area contributed by atoms with Crippen molar-refractivity contribution in [2.24, 2.45) is 0 Å². The minimum absolute atomic E-state index is 0.0700. The van der Waals surface area contributed by atoms with Gasteiger partial charge in [0.25, 0.3) is 0 Å². The van der Waals surface area contributed by atoms with Crippen molar-refractivity contribution in [3.63, 3.8) is 0 Å². The molecule has 0 saturated carbocycles. The molecule has 1 aromatic carbocycles. The average molecular weight is 370 g/mol. The van der Waals surface area contributed by atoms with Crippen LogP contribution in [0, 0.1) is 25.2 Å². The fourth-order valence-corrected chi connectivity index (χ4v) is 2.93. The Bertz CT molecular complexity index is 1060. The Morgan fingerprint density at radius 1 is 1.31 bits per heavy atom. The van der Waals surface area contributed by atoms with Crippen LogP contribution in [0.5, 0.6) is 0 Å². The number of nitriles is 1. The van der Waals surface area contributed by atoms with E-state index < -0.39 is 5.97 Å². The number of halogens is 1. The Hall–Kier alpha value is -3.24. The summed E-state index contributed by atoms with van der Waals surface area (Å²) >= 11 is 6.28. The number of methoxy groups -OCH3 is 1. The van der Waals surface area contributed by atoms with Gasteiger partial charge in [-0.3, -0.25) is 0 Å². The third-order valence-corrected chi connectivity index (χ3v) is 4.66. The van der Waals surface area contributed by atoms with Crippen molar-refractivity contribution in [2.75, 3.05) is 12.8 Å². The molecule has 0 aliphatic heterocycles. The van der Waals surface area contributed by atoms with E-state index >= 15 is 0 Å². The van der Waals surface area contributed by atoms with Gasteiger partial charge in [-0.2, -0.15) is 10.4 Å². The molecule has 0 radical (unpaired) electrons. The molecule has 0 saturated heterocycles. The summed E-state index contributed by atoms with van der Waals surface area (Å²) in [5, 5.41) is 14.3. The van der Waals surface area contributed by atoms with Gasteiger partial charge in [-0.15, -0.1) is 0 Å². The second kappa shape index (κ2) is 6.58. The van der Waals surface area contributed by atoms with Crippen LogP contribution in [0.4, 0.5) is 5.69 Å². The lowest BCUT2D eigenvalue weighted by Crippen LogP contribution is -2.13. The number of aryl methyl sites for hydroxylation is 1. The maximum absolute atomic E-state index is 12.3. The first-order chi connectivity index (χ1) is 12.4. The van der Waals surface area contributed by atoms with E-state index in [1.54, 1.807) is 15.3 Å². The van der Waals surface area contributed by atoms with Crippen molar-refractivity contribution in [1.82, 2.24) is 14.3 Å². The smallest absolute Gasteiger partial charge is 0.357 e. The highest BCUT2D eigenvalue weighted by atomic mass is 35.5. The molecular formula is C18H16ClN5O2. The molecule has 3 aromatic rings. The predicted molar refractivity (Wildman–Crippen MR) is 97.8 cm³/mol. The number of para-hydroxylation sites is 2. The van der Waals surface area contributed by atoms with E-state index in [9.17, 15) is 10.1 Å². The number of nitrogens with zero attached hydrogens (tertiary/aromatic N) is 4. The molecule has 132 valence electrons. The van der Waals surface area contributed by atoms with Gasteiger partial charge in [0.15, 0.2) is 5.69 Å². The molecule has 0 atom stereocenters. The van der Waals surface area contributed by atoms with Gasteiger partial charge < -0.3 is 15.0 Å². The summed E-state index contributed by atoms with van der Waals surface area (Å²) in [7, 11) is 1.26. The van der Waals surface area contributed by atoms with Crippen molar-refractivity contribution in [1.29, 1.82) is 5.26 Å². The monoisotopic (exact) mass is 369 g/mol. The van der Waals surface area contributed by atoms with Crippen LogP contribution in [0.15, 0.2) is 30.5 Å². The van der Waals surface area contributed by atoms with Gasteiger partial charge in [0.1, 0.15) is 6.07 Å². The number of benzene rings is 1. The first kappa shape index (κ1) is 17.6. The molecule has 0 aliphatic carbocycles. The lowest BCUT2D eigenvalue weighted by atomic mass is 10.2. The zero-order valence-electron chi connectivity index (χ0n) is 14.4. The molecule has 2 aromatic heterocycles. The number of hydrogen-bond acceptors (Lipinski definition) is 5. The van der Waals surface area contributed by atoms with Crippen LogP contribution in [-0.4, -0.2) is 27.4 Å². The van der Waals surface area contributed by atoms with E-state index in [2.05, 4.69) is 5.10 Å². The first-order valence-corrected chi connectivity index (χ1v) is 8.09. The minimum atomic E-state index is -0.634. The highest BCUT2D eigenvalue weighted by Crippen LogP contribution is 2.30. The largest absolute Gasteiger partial charge is 0.464 e. The van der Waals surface area contributed by atoms with E-state index in [4.69, 9.17) is 22.1 Å². The number of anilines is 1. The Morgan fingerprint density at radius 3 is 2.50 bits per heavy atom. The summed E-state index contributed by atoms with van der Waals surface area (Å²) in [6.45, 7) is 3.67. The van der Waals surface area contributed by atoms with Gasteiger partial charge in [0.2, 0.25) is 0 Å². The van der Waals surface area contributed by atoms with Gasteiger partial charge >= 0.3 is 5.97 Å². The second-order valence-electron chi connectivity index (χ2n) is 5.66. The summed E-state index contributed by atoms with van der Waals surface area (Å²) in [4.78, 5) is 12.3. The topological polar surface area (TPSA) is 98.9 Å². The van der Waals surface area contributed by atoms with Crippen LogP contribution in [0.3, 0.4) is 0 Å². The quantitative estimate of drug-likeness (QED) is 0.715. The average Bonchev–Trinajstić information content (AvgIpc) is 3.12. The fraction of sp³-hybridized carbons (Fsp3) is 0.167. The Balaban J connectivity index is 2.32. The number of carbonyl (C=O) groups excluding carboxylic acids is 1. The molecule has 0 bridgehead atoms. The Kier molecular flexibility index (Phi) is 4.45. The molecule has 0 aliphatic rings. The van der Waals surface area contributed by atoms with Crippen LogP contribution >= 0.6 is 11.6 Å². The molecule has 0 unspecified atom stereocenters. The van der Waals surface area contributed by atoms with Gasteiger partial charge in [-0.1, -0.05) is 23.7 Å². The molecule has 0 fully saturated rings. The Labute approximate surface area is 155 Å². The maximum atomic E-state index is 12.3. The molecular weight excluding hydrogens is 354 g/mol. The maximum Gasteiger partial charge on any atom is 0.357 e. The Morgan fingerprint density at radius 2 is 1.96 bits per heavy atom. The normalized spacial score (nSPS) is 10.6. The first-order valence-electron chi connectivity index (χ1n) is 7.71. The van der Waals surface area contributed by atoms with Crippen molar-refractivity contribution >= 4 is 23.3 Å². The molecule has 8 heteroatoms. The number of hydrogen-bond donors (Lipinski definition) is 1. The van der Waals surface area contributed by atoms with Crippen LogP contribution in [0.25, 0.3) is 11.4 Å². The highest BCUT2D eigenvalue weighted by Gasteiger charge is 2.24. The zero-order chi connectivity index (χ0) is 19.0. The third kappa shape index (κ3) is 2.61. The summed E-state index contributed by atoms with van der Waals surface area (Å²) in [5.74, 6) is -0.634. The van der Waals surface area contributed by atoms with Crippen molar-refractivity contribution in [3.8, 4) is 17.4 Å². The van der Waals surface area contributed by atoms with Crippen molar-refractivity contribution in [2.45, 2.75) is 13.8 Å². The van der Waals surface area contributed by atoms with Gasteiger partial charge in [0.05, 0.1) is 46.1 Å². The van der Waals surface area contributed by atoms with E-state index in [0.29, 0.717) is 22.1 Å². The van der Waals surface area contributed by atoms with Crippen LogP contribution in [-0.2, 0) is 4.74 Å². The molecule has 26 heavy (non-hydrogen) atoms. The van der Waals surface area contributed by atoms with Gasteiger partial charge in [-0.25, -0.2) is 9.48 Å². The summed E-state index contributed by atoms with van der Waals surface area (Å²) in [6, 6.07) is 9.29. The number of aromatic nitrogens is 3. The van der Waals surface area contributed by atoms with Crippen molar-refractivity contribution < 1.29 is 9.53 Å². The molecule has 0 spiro atoms. The second-order valence-corrected chi connectivity index (χ2v) is 6.04. The molecule has 2 N–H and O–H groups in total. The summed E-state index contributed by atoms with van der Waals surface area (Å²) in [5.41, 5.74) is 9.08. The molecule has 3 rings (SSSR count). The van der Waals surface area contributed by atoms with E-state index in [1.165, 1.54) is 13.3 Å². The van der Waals surface area contributed by atoms with Crippen molar-refractivity contribution in [3.05, 3.63) is 58.1 Å². The number of esters is 1. The van der Waals surface area contributed by atoms with Gasteiger partial charge in [0, 0.05) is 6.20 Å². The van der Waals surface area contributed by atoms with Crippen LogP contribution in [0.2, 0.25) is 5.02 Å². The third-order valence-electron chi connectivity index (χ3n) is 4.12. The highest BCUT2D eigenvalue weighted by molar-refractivity contribution is 6.31. The fourth-order valence-electron chi connectivity index (χ4n) is 2.81. The molecule has 0 amide bonds. The number of rotatable bonds is 3. The number of carbonyl (C=O) groups is 1.